The molecule has 0 aliphatic rings. The second-order valence-corrected chi connectivity index (χ2v) is 4.84. The molecule has 0 spiro atoms. The minimum absolute atomic E-state index is 0.180. The van der Waals surface area contributed by atoms with E-state index in [9.17, 15) is 15.0 Å². The van der Waals surface area contributed by atoms with Crippen molar-refractivity contribution in [3.8, 4) is 11.5 Å². The van der Waals surface area contributed by atoms with Gasteiger partial charge in [-0.25, -0.2) is 0 Å². The number of rotatable bonds is 4. The molecule has 21 heavy (non-hydrogen) atoms. The average molecular weight is 286 g/mol. The molecule has 110 valence electrons. The molecule has 1 atom stereocenters. The Morgan fingerprint density at radius 1 is 1.14 bits per heavy atom. The molecule has 5 heteroatoms. The Hall–Kier alpha value is -2.53. The predicted molar refractivity (Wildman–Crippen MR) is 80.0 cm³/mol. The summed E-state index contributed by atoms with van der Waals surface area (Å²) in [5, 5.41) is 21.5. The molecule has 2 aromatic carbocycles. The van der Waals surface area contributed by atoms with Crippen LogP contribution in [0.25, 0.3) is 0 Å². The molecule has 0 bridgehead atoms. The van der Waals surface area contributed by atoms with E-state index in [1.807, 2.05) is 31.2 Å². The Labute approximate surface area is 123 Å². The van der Waals surface area contributed by atoms with Gasteiger partial charge in [0.25, 0.3) is 5.91 Å². The number of carbonyl (C=O) groups excluding carboxylic acids is 1. The molecule has 0 aromatic heterocycles. The molecule has 5 N–H and O–H groups in total. The Morgan fingerprint density at radius 3 is 2.38 bits per heavy atom. The van der Waals surface area contributed by atoms with Crippen LogP contribution in [0.2, 0.25) is 0 Å². The van der Waals surface area contributed by atoms with Gasteiger partial charge in [-0.3, -0.25) is 4.79 Å². The van der Waals surface area contributed by atoms with Crippen LogP contribution in [0, 0.1) is 0 Å². The zero-order valence-electron chi connectivity index (χ0n) is 11.7. The van der Waals surface area contributed by atoms with Gasteiger partial charge < -0.3 is 21.3 Å². The first-order valence-electron chi connectivity index (χ1n) is 6.63. The molecule has 0 radical (unpaired) electrons. The normalized spacial score (nSPS) is 11.9. The molecular formula is C16H18N2O3. The SMILES string of the molecule is CC(NC(=O)c1ccc(O)c(O)c1)c1ccc(CN)cc1. The number of benzene rings is 2. The van der Waals surface area contributed by atoms with Crippen molar-refractivity contribution in [2.24, 2.45) is 5.73 Å². The fourth-order valence-corrected chi connectivity index (χ4v) is 1.97. The van der Waals surface area contributed by atoms with E-state index < -0.39 is 0 Å². The first kappa shape index (κ1) is 14.9. The van der Waals surface area contributed by atoms with Crippen molar-refractivity contribution in [1.82, 2.24) is 5.32 Å². The lowest BCUT2D eigenvalue weighted by Crippen LogP contribution is -2.26. The molecule has 0 aliphatic carbocycles. The van der Waals surface area contributed by atoms with Gasteiger partial charge in [0, 0.05) is 12.1 Å². The van der Waals surface area contributed by atoms with Gasteiger partial charge in [-0.05, 0) is 36.2 Å². The summed E-state index contributed by atoms with van der Waals surface area (Å²) < 4.78 is 0. The third kappa shape index (κ3) is 3.52. The predicted octanol–water partition coefficient (Wildman–Crippen LogP) is 2.05. The maximum absolute atomic E-state index is 12.1. The van der Waals surface area contributed by atoms with E-state index >= 15 is 0 Å². The first-order valence-corrected chi connectivity index (χ1v) is 6.63. The summed E-state index contributed by atoms with van der Waals surface area (Å²) in [6, 6.07) is 11.5. The summed E-state index contributed by atoms with van der Waals surface area (Å²) in [7, 11) is 0. The van der Waals surface area contributed by atoms with Crippen molar-refractivity contribution in [3.63, 3.8) is 0 Å². The van der Waals surface area contributed by atoms with Gasteiger partial charge in [0.05, 0.1) is 6.04 Å². The number of hydrogen-bond acceptors (Lipinski definition) is 4. The maximum Gasteiger partial charge on any atom is 0.251 e. The summed E-state index contributed by atoms with van der Waals surface area (Å²) in [6.45, 7) is 2.35. The quantitative estimate of drug-likeness (QED) is 0.647. The van der Waals surface area contributed by atoms with Gasteiger partial charge in [-0.2, -0.15) is 0 Å². The van der Waals surface area contributed by atoms with Crippen LogP contribution in [0.1, 0.15) is 34.5 Å². The number of hydrogen-bond donors (Lipinski definition) is 4. The van der Waals surface area contributed by atoms with E-state index in [4.69, 9.17) is 5.73 Å². The topological polar surface area (TPSA) is 95.6 Å². The van der Waals surface area contributed by atoms with Crippen molar-refractivity contribution in [2.75, 3.05) is 0 Å². The van der Waals surface area contributed by atoms with E-state index in [1.165, 1.54) is 18.2 Å². The second kappa shape index (κ2) is 6.28. The summed E-state index contributed by atoms with van der Waals surface area (Å²) in [6.07, 6.45) is 0. The third-order valence-electron chi connectivity index (χ3n) is 3.30. The number of amides is 1. The number of aromatic hydroxyl groups is 2. The molecule has 0 aliphatic heterocycles. The highest BCUT2D eigenvalue weighted by molar-refractivity contribution is 5.95. The van der Waals surface area contributed by atoms with E-state index in [0.29, 0.717) is 6.54 Å². The Morgan fingerprint density at radius 2 is 1.81 bits per heavy atom. The standard InChI is InChI=1S/C16H18N2O3/c1-10(12-4-2-11(9-17)3-5-12)18-16(21)13-6-7-14(19)15(20)8-13/h2-8,10,19-20H,9,17H2,1H3,(H,18,21). The van der Waals surface area contributed by atoms with Crippen molar-refractivity contribution in [2.45, 2.75) is 19.5 Å². The van der Waals surface area contributed by atoms with Crippen molar-refractivity contribution in [3.05, 3.63) is 59.2 Å². The fourth-order valence-electron chi connectivity index (χ4n) is 1.97. The lowest BCUT2D eigenvalue weighted by Gasteiger charge is -2.15. The van der Waals surface area contributed by atoms with Crippen LogP contribution in [0.3, 0.4) is 0 Å². The molecule has 2 rings (SSSR count). The number of carbonyl (C=O) groups is 1. The zero-order chi connectivity index (χ0) is 15.4. The molecular weight excluding hydrogens is 268 g/mol. The summed E-state index contributed by atoms with van der Waals surface area (Å²) in [5.74, 6) is -0.889. The highest BCUT2D eigenvalue weighted by Gasteiger charge is 2.13. The first-order chi connectivity index (χ1) is 10.0. The molecule has 0 fully saturated rings. The largest absolute Gasteiger partial charge is 0.504 e. The number of phenols is 2. The minimum Gasteiger partial charge on any atom is -0.504 e. The average Bonchev–Trinajstić information content (AvgIpc) is 2.50. The van der Waals surface area contributed by atoms with Gasteiger partial charge in [-0.1, -0.05) is 24.3 Å². The van der Waals surface area contributed by atoms with Crippen LogP contribution in [-0.4, -0.2) is 16.1 Å². The molecule has 0 saturated carbocycles. The minimum atomic E-state index is -0.319. The van der Waals surface area contributed by atoms with Gasteiger partial charge in [0.2, 0.25) is 0 Å². The molecule has 5 nitrogen and oxygen atoms in total. The Kier molecular flexibility index (Phi) is 4.45. The lowest BCUT2D eigenvalue weighted by atomic mass is 10.1. The summed E-state index contributed by atoms with van der Waals surface area (Å²) in [5.41, 5.74) is 7.82. The highest BCUT2D eigenvalue weighted by atomic mass is 16.3. The van der Waals surface area contributed by atoms with Crippen LogP contribution >= 0.6 is 0 Å². The van der Waals surface area contributed by atoms with Gasteiger partial charge in [-0.15, -0.1) is 0 Å². The molecule has 0 saturated heterocycles. The van der Waals surface area contributed by atoms with Crippen molar-refractivity contribution < 1.29 is 15.0 Å². The van der Waals surface area contributed by atoms with Crippen LogP contribution in [0.4, 0.5) is 0 Å². The Balaban J connectivity index is 2.08. The third-order valence-corrected chi connectivity index (χ3v) is 3.30. The lowest BCUT2D eigenvalue weighted by molar-refractivity contribution is 0.0939. The molecule has 0 heterocycles. The van der Waals surface area contributed by atoms with E-state index in [-0.39, 0.29) is 29.0 Å². The van der Waals surface area contributed by atoms with E-state index in [0.717, 1.165) is 11.1 Å². The smallest absolute Gasteiger partial charge is 0.251 e. The van der Waals surface area contributed by atoms with Gasteiger partial charge >= 0.3 is 0 Å². The maximum atomic E-state index is 12.1. The number of nitrogens with two attached hydrogens (primary N) is 1. The van der Waals surface area contributed by atoms with Crippen LogP contribution in [0.15, 0.2) is 42.5 Å². The monoisotopic (exact) mass is 286 g/mol. The molecule has 1 amide bonds. The highest BCUT2D eigenvalue weighted by Crippen LogP contribution is 2.25. The zero-order valence-corrected chi connectivity index (χ0v) is 11.7. The molecule has 1 unspecified atom stereocenters. The van der Waals surface area contributed by atoms with Gasteiger partial charge in [0.1, 0.15) is 0 Å². The number of phenolic OH excluding ortho intramolecular Hbond substituents is 2. The second-order valence-electron chi connectivity index (χ2n) is 4.84. The van der Waals surface area contributed by atoms with Crippen LogP contribution in [-0.2, 0) is 6.54 Å². The molecule has 2 aromatic rings. The van der Waals surface area contributed by atoms with Crippen LogP contribution < -0.4 is 11.1 Å². The Bertz CT molecular complexity index is 638. The van der Waals surface area contributed by atoms with Crippen molar-refractivity contribution in [1.29, 1.82) is 0 Å². The number of nitrogens with one attached hydrogen (secondary N) is 1. The van der Waals surface area contributed by atoms with Gasteiger partial charge in [0.15, 0.2) is 11.5 Å². The van der Waals surface area contributed by atoms with Crippen molar-refractivity contribution >= 4 is 5.91 Å². The van der Waals surface area contributed by atoms with E-state index in [2.05, 4.69) is 5.32 Å². The fraction of sp³-hybridized carbons (Fsp3) is 0.188. The summed E-state index contributed by atoms with van der Waals surface area (Å²) in [4.78, 5) is 12.1. The summed E-state index contributed by atoms with van der Waals surface area (Å²) >= 11 is 0. The van der Waals surface area contributed by atoms with E-state index in [1.54, 1.807) is 0 Å². The van der Waals surface area contributed by atoms with Crippen LogP contribution in [0.5, 0.6) is 11.5 Å².